The Bertz CT molecular complexity index is 895. The van der Waals surface area contributed by atoms with Gasteiger partial charge in [-0.05, 0) is 63.1 Å². The number of benzene rings is 1. The molecule has 29 heavy (non-hydrogen) atoms. The van der Waals surface area contributed by atoms with Crippen molar-refractivity contribution in [1.82, 2.24) is 0 Å². The van der Waals surface area contributed by atoms with E-state index in [1.807, 2.05) is 6.92 Å². The van der Waals surface area contributed by atoms with Gasteiger partial charge in [0.25, 0.3) is 0 Å². The first-order valence-electron chi connectivity index (χ1n) is 10.4. The van der Waals surface area contributed by atoms with Crippen molar-refractivity contribution in [3.8, 4) is 11.5 Å². The monoisotopic (exact) mass is 397 g/mol. The lowest BCUT2D eigenvalue weighted by Gasteiger charge is -2.35. The highest BCUT2D eigenvalue weighted by atomic mass is 16.5. The normalized spacial score (nSPS) is 24.9. The zero-order valence-electron chi connectivity index (χ0n) is 16.9. The van der Waals surface area contributed by atoms with Crippen LogP contribution in [-0.2, 0) is 14.3 Å². The highest BCUT2D eigenvalue weighted by Gasteiger charge is 2.44. The maximum atomic E-state index is 13.2. The molecular formula is C23H27NO5. The largest absolute Gasteiger partial charge is 0.504 e. The summed E-state index contributed by atoms with van der Waals surface area (Å²) in [6, 6.07) is 5.01. The van der Waals surface area contributed by atoms with Crippen molar-refractivity contribution in [1.29, 1.82) is 0 Å². The van der Waals surface area contributed by atoms with E-state index in [1.54, 1.807) is 18.2 Å². The van der Waals surface area contributed by atoms with E-state index in [2.05, 4.69) is 4.99 Å². The third kappa shape index (κ3) is 3.68. The number of ketones is 1. The molecule has 1 aliphatic heterocycles. The summed E-state index contributed by atoms with van der Waals surface area (Å²) in [6.07, 6.45) is 5.83. The molecule has 1 heterocycles. The van der Waals surface area contributed by atoms with Gasteiger partial charge in [-0.3, -0.25) is 14.6 Å². The third-order valence-corrected chi connectivity index (χ3v) is 6.24. The molecule has 1 saturated carbocycles. The van der Waals surface area contributed by atoms with Gasteiger partial charge in [0, 0.05) is 29.3 Å². The van der Waals surface area contributed by atoms with Gasteiger partial charge in [-0.25, -0.2) is 0 Å². The maximum absolute atomic E-state index is 13.2. The predicted octanol–water partition coefficient (Wildman–Crippen LogP) is 4.07. The molecule has 2 atom stereocenters. The van der Waals surface area contributed by atoms with E-state index >= 15 is 0 Å². The fourth-order valence-corrected chi connectivity index (χ4v) is 4.80. The van der Waals surface area contributed by atoms with Gasteiger partial charge in [0.1, 0.15) is 12.0 Å². The second-order valence-electron chi connectivity index (χ2n) is 8.12. The molecule has 1 fully saturated rings. The third-order valence-electron chi connectivity index (χ3n) is 6.24. The number of methoxy groups -OCH3 is 1. The Labute approximate surface area is 170 Å². The van der Waals surface area contributed by atoms with Crippen molar-refractivity contribution < 1.29 is 24.2 Å². The summed E-state index contributed by atoms with van der Waals surface area (Å²) in [5.41, 5.74) is 2.83. The second-order valence-corrected chi connectivity index (χ2v) is 8.12. The minimum Gasteiger partial charge on any atom is -0.504 e. The van der Waals surface area contributed by atoms with Gasteiger partial charge in [0.05, 0.1) is 7.11 Å². The number of aliphatic imine (C=N–C) groups is 1. The molecule has 0 amide bonds. The predicted molar refractivity (Wildman–Crippen MR) is 108 cm³/mol. The first-order chi connectivity index (χ1) is 14.0. The van der Waals surface area contributed by atoms with Crippen LogP contribution >= 0.6 is 0 Å². The molecule has 2 aliphatic carbocycles. The molecule has 1 N–H and O–H groups in total. The number of hydrogen-bond donors (Lipinski definition) is 1. The van der Waals surface area contributed by atoms with E-state index < -0.39 is 11.8 Å². The minimum absolute atomic E-state index is 0.0201. The number of phenolic OH excluding ortho intramolecular Hbond substituents is 1. The van der Waals surface area contributed by atoms with Crippen molar-refractivity contribution in [3.63, 3.8) is 0 Å². The quantitative estimate of drug-likeness (QED) is 0.774. The Hall–Kier alpha value is -2.63. The molecule has 0 radical (unpaired) electrons. The summed E-state index contributed by atoms with van der Waals surface area (Å²) in [4.78, 5) is 30.8. The van der Waals surface area contributed by atoms with Gasteiger partial charge in [0.15, 0.2) is 17.3 Å². The number of ether oxygens (including phenoxy) is 2. The van der Waals surface area contributed by atoms with Crippen molar-refractivity contribution in [3.05, 3.63) is 35.0 Å². The number of allylic oxidation sites excluding steroid dienone is 2. The topological polar surface area (TPSA) is 85.2 Å². The average molecular weight is 397 g/mol. The molecule has 154 valence electrons. The zero-order valence-corrected chi connectivity index (χ0v) is 16.9. The fourth-order valence-electron chi connectivity index (χ4n) is 4.80. The van der Waals surface area contributed by atoms with Gasteiger partial charge >= 0.3 is 5.97 Å². The number of carbonyl (C=O) groups excluding carboxylic acids is 2. The highest BCUT2D eigenvalue weighted by molar-refractivity contribution is 6.08. The summed E-state index contributed by atoms with van der Waals surface area (Å²) in [5, 5.41) is 10.0. The van der Waals surface area contributed by atoms with Crippen molar-refractivity contribution in [2.24, 2.45) is 10.9 Å². The van der Waals surface area contributed by atoms with Gasteiger partial charge in [-0.1, -0.05) is 6.07 Å². The molecular weight excluding hydrogens is 370 g/mol. The molecule has 0 aromatic heterocycles. The summed E-state index contributed by atoms with van der Waals surface area (Å²) < 4.78 is 11.1. The van der Waals surface area contributed by atoms with Gasteiger partial charge in [-0.2, -0.15) is 0 Å². The van der Waals surface area contributed by atoms with Crippen LogP contribution in [0.4, 0.5) is 0 Å². The van der Waals surface area contributed by atoms with E-state index in [0.717, 1.165) is 49.8 Å². The number of Topliss-reactive ketones (excluding diaryl/α,β-unsaturated/α-hetero) is 1. The summed E-state index contributed by atoms with van der Waals surface area (Å²) in [6.45, 7) is 1.84. The van der Waals surface area contributed by atoms with E-state index in [4.69, 9.17) is 9.47 Å². The summed E-state index contributed by atoms with van der Waals surface area (Å²) in [7, 11) is 1.48. The molecule has 1 aromatic carbocycles. The van der Waals surface area contributed by atoms with Crippen LogP contribution in [-0.4, -0.2) is 35.8 Å². The van der Waals surface area contributed by atoms with Gasteiger partial charge < -0.3 is 14.6 Å². The average Bonchev–Trinajstić information content (AvgIpc) is 3.20. The molecule has 1 aromatic rings. The standard InChI is InChI=1S/C23H27NO5/c1-13-20(23(27)29-15-6-3-4-7-15)21(14-10-11-17(25)19(12-14)28-2)22-16(24-13)8-5-9-18(22)26/h10-12,15,20-21,25H,3-9H2,1-2H3/t20?,21-/m0/s1. The molecule has 6 heteroatoms. The maximum Gasteiger partial charge on any atom is 0.315 e. The Kier molecular flexibility index (Phi) is 5.43. The van der Waals surface area contributed by atoms with Crippen LogP contribution in [0.1, 0.15) is 63.4 Å². The first-order valence-corrected chi connectivity index (χ1v) is 10.4. The van der Waals surface area contributed by atoms with Crippen LogP contribution in [0.2, 0.25) is 0 Å². The summed E-state index contributed by atoms with van der Waals surface area (Å²) in [5.74, 6) is -1.06. The molecule has 0 spiro atoms. The minimum atomic E-state index is -0.648. The van der Waals surface area contributed by atoms with Crippen LogP contribution in [0, 0.1) is 5.92 Å². The van der Waals surface area contributed by atoms with E-state index in [0.29, 0.717) is 23.5 Å². The molecule has 4 rings (SSSR count). The number of esters is 1. The number of aromatic hydroxyl groups is 1. The van der Waals surface area contributed by atoms with E-state index in [-0.39, 0.29) is 23.6 Å². The lowest BCUT2D eigenvalue weighted by molar-refractivity contribution is -0.151. The molecule has 0 bridgehead atoms. The second kappa shape index (κ2) is 8.01. The SMILES string of the molecule is COc1cc([C@@H]2C3=C(CCCC3=O)N=C(C)C2C(=O)OC2CCCC2)ccc1O. The van der Waals surface area contributed by atoms with Crippen LogP contribution < -0.4 is 4.74 Å². The molecule has 0 saturated heterocycles. The van der Waals surface area contributed by atoms with E-state index in [9.17, 15) is 14.7 Å². The van der Waals surface area contributed by atoms with Crippen LogP contribution in [0.15, 0.2) is 34.5 Å². The van der Waals surface area contributed by atoms with Crippen LogP contribution in [0.5, 0.6) is 11.5 Å². The van der Waals surface area contributed by atoms with Crippen LogP contribution in [0.25, 0.3) is 0 Å². The summed E-state index contributed by atoms with van der Waals surface area (Å²) >= 11 is 0. The van der Waals surface area contributed by atoms with Gasteiger partial charge in [0.2, 0.25) is 0 Å². The molecule has 3 aliphatic rings. The van der Waals surface area contributed by atoms with Crippen molar-refractivity contribution in [2.75, 3.05) is 7.11 Å². The first kappa shape index (κ1) is 19.7. The number of phenols is 1. The van der Waals surface area contributed by atoms with Crippen LogP contribution in [0.3, 0.4) is 0 Å². The van der Waals surface area contributed by atoms with Crippen molar-refractivity contribution in [2.45, 2.75) is 63.9 Å². The lowest BCUT2D eigenvalue weighted by Crippen LogP contribution is -2.38. The fraction of sp³-hybridized carbons (Fsp3) is 0.522. The Morgan fingerprint density at radius 3 is 2.66 bits per heavy atom. The molecule has 6 nitrogen and oxygen atoms in total. The van der Waals surface area contributed by atoms with Crippen molar-refractivity contribution >= 4 is 17.5 Å². The Morgan fingerprint density at radius 1 is 1.17 bits per heavy atom. The lowest BCUT2D eigenvalue weighted by atomic mass is 9.71. The number of nitrogens with zero attached hydrogens (tertiary/aromatic N) is 1. The van der Waals surface area contributed by atoms with E-state index in [1.165, 1.54) is 7.11 Å². The molecule has 1 unspecified atom stereocenters. The zero-order chi connectivity index (χ0) is 20.5. The van der Waals surface area contributed by atoms with Gasteiger partial charge in [-0.15, -0.1) is 0 Å². The number of rotatable bonds is 4. The Balaban J connectivity index is 1.78. The number of carbonyl (C=O) groups is 2. The number of hydrogen-bond acceptors (Lipinski definition) is 6. The Morgan fingerprint density at radius 2 is 1.93 bits per heavy atom. The highest BCUT2D eigenvalue weighted by Crippen LogP contribution is 2.45. The smallest absolute Gasteiger partial charge is 0.315 e.